The van der Waals surface area contributed by atoms with E-state index in [1.807, 2.05) is 13.1 Å². The number of aromatic nitrogens is 2. The van der Waals surface area contributed by atoms with Crippen molar-refractivity contribution in [3.05, 3.63) is 18.0 Å². The summed E-state index contributed by atoms with van der Waals surface area (Å²) in [5.41, 5.74) is 1.06. The molecule has 0 saturated heterocycles. The maximum atomic E-state index is 11.5. The molecule has 0 radical (unpaired) electrons. The highest BCUT2D eigenvalue weighted by Crippen LogP contribution is 1.97. The van der Waals surface area contributed by atoms with Crippen molar-refractivity contribution in [1.82, 2.24) is 14.5 Å². The Morgan fingerprint density at radius 1 is 1.47 bits per heavy atom. The van der Waals surface area contributed by atoms with Gasteiger partial charge in [0, 0.05) is 18.6 Å². The van der Waals surface area contributed by atoms with Gasteiger partial charge in [-0.1, -0.05) is 0 Å². The standard InChI is InChI=1S/C10H18ClN3O2S/c1-10-8-12-14(9-10)6-5-13-17(15,16)7-3-2-4-11/h8-9,13H,2-7H2,1H3. The fourth-order valence-electron chi connectivity index (χ4n) is 1.36. The van der Waals surface area contributed by atoms with Gasteiger partial charge in [0.2, 0.25) is 10.0 Å². The molecule has 5 nitrogen and oxygen atoms in total. The number of nitrogens with one attached hydrogen (secondary N) is 1. The maximum absolute atomic E-state index is 11.5. The Hall–Kier alpha value is -0.590. The number of hydrogen-bond acceptors (Lipinski definition) is 3. The van der Waals surface area contributed by atoms with Crippen LogP contribution in [-0.4, -0.2) is 36.4 Å². The third kappa shape index (κ3) is 6.05. The first-order valence-corrected chi connectivity index (χ1v) is 7.74. The van der Waals surface area contributed by atoms with Gasteiger partial charge in [-0.25, -0.2) is 13.1 Å². The number of hydrogen-bond donors (Lipinski definition) is 1. The number of rotatable bonds is 8. The van der Waals surface area contributed by atoms with Gasteiger partial charge in [-0.3, -0.25) is 4.68 Å². The first-order chi connectivity index (χ1) is 8.03. The summed E-state index contributed by atoms with van der Waals surface area (Å²) < 4.78 is 27.3. The monoisotopic (exact) mass is 279 g/mol. The van der Waals surface area contributed by atoms with E-state index in [-0.39, 0.29) is 5.75 Å². The zero-order chi connectivity index (χ0) is 12.7. The Morgan fingerprint density at radius 3 is 2.82 bits per heavy atom. The van der Waals surface area contributed by atoms with Crippen molar-refractivity contribution >= 4 is 21.6 Å². The van der Waals surface area contributed by atoms with Crippen molar-refractivity contribution in [3.8, 4) is 0 Å². The SMILES string of the molecule is Cc1cnn(CCNS(=O)(=O)CCCCCl)c1. The van der Waals surface area contributed by atoms with Crippen LogP contribution in [0.3, 0.4) is 0 Å². The lowest BCUT2D eigenvalue weighted by Gasteiger charge is -2.06. The number of alkyl halides is 1. The Kier molecular flexibility index (Phi) is 5.94. The van der Waals surface area contributed by atoms with Gasteiger partial charge in [-0.2, -0.15) is 5.10 Å². The largest absolute Gasteiger partial charge is 0.271 e. The van der Waals surface area contributed by atoms with E-state index in [4.69, 9.17) is 11.6 Å². The molecule has 0 aliphatic heterocycles. The molecule has 7 heteroatoms. The van der Waals surface area contributed by atoms with E-state index in [2.05, 4.69) is 9.82 Å². The zero-order valence-corrected chi connectivity index (χ0v) is 11.5. The minimum absolute atomic E-state index is 0.137. The minimum atomic E-state index is -3.17. The van der Waals surface area contributed by atoms with Crippen LogP contribution in [0.4, 0.5) is 0 Å². The average Bonchev–Trinajstić information content (AvgIpc) is 2.64. The highest BCUT2D eigenvalue weighted by atomic mass is 35.5. The molecule has 1 aromatic rings. The number of aryl methyl sites for hydroxylation is 1. The summed E-state index contributed by atoms with van der Waals surface area (Å²) in [5.74, 6) is 0.639. The summed E-state index contributed by atoms with van der Waals surface area (Å²) in [7, 11) is -3.17. The highest BCUT2D eigenvalue weighted by Gasteiger charge is 2.08. The van der Waals surface area contributed by atoms with Crippen molar-refractivity contribution in [2.24, 2.45) is 0 Å². The van der Waals surface area contributed by atoms with Crippen LogP contribution in [0, 0.1) is 6.92 Å². The van der Waals surface area contributed by atoms with Gasteiger partial charge in [0.1, 0.15) is 0 Å². The van der Waals surface area contributed by atoms with Gasteiger partial charge in [-0.05, 0) is 25.3 Å². The number of sulfonamides is 1. The molecule has 0 saturated carbocycles. The van der Waals surface area contributed by atoms with Gasteiger partial charge < -0.3 is 0 Å². The Morgan fingerprint density at radius 2 is 2.24 bits per heavy atom. The quantitative estimate of drug-likeness (QED) is 0.573. The second kappa shape index (κ2) is 6.98. The molecule has 0 unspecified atom stereocenters. The molecule has 0 aliphatic carbocycles. The van der Waals surface area contributed by atoms with E-state index in [1.54, 1.807) is 10.9 Å². The highest BCUT2D eigenvalue weighted by molar-refractivity contribution is 7.89. The van der Waals surface area contributed by atoms with Crippen LogP contribution in [0.2, 0.25) is 0 Å². The van der Waals surface area contributed by atoms with Crippen LogP contribution >= 0.6 is 11.6 Å². The molecule has 0 atom stereocenters. The second-order valence-corrected chi connectivity index (χ2v) is 6.19. The van der Waals surface area contributed by atoms with Crippen LogP contribution in [0.15, 0.2) is 12.4 Å². The average molecular weight is 280 g/mol. The van der Waals surface area contributed by atoms with Crippen molar-refractivity contribution in [2.75, 3.05) is 18.2 Å². The predicted octanol–water partition coefficient (Wildman–Crippen LogP) is 1.13. The smallest absolute Gasteiger partial charge is 0.211 e. The van der Waals surface area contributed by atoms with Crippen molar-refractivity contribution in [1.29, 1.82) is 0 Å². The Balaban J connectivity index is 2.25. The van der Waals surface area contributed by atoms with E-state index in [0.29, 0.717) is 25.4 Å². The van der Waals surface area contributed by atoms with Gasteiger partial charge >= 0.3 is 0 Å². The van der Waals surface area contributed by atoms with Gasteiger partial charge in [0.15, 0.2) is 0 Å². The fourth-order valence-corrected chi connectivity index (χ4v) is 2.68. The molecule has 0 amide bonds. The summed E-state index contributed by atoms with van der Waals surface area (Å²) in [6.45, 7) is 2.85. The first kappa shape index (κ1) is 14.5. The maximum Gasteiger partial charge on any atom is 0.211 e. The van der Waals surface area contributed by atoms with Crippen LogP contribution in [0.1, 0.15) is 18.4 Å². The van der Waals surface area contributed by atoms with Crippen LogP contribution in [-0.2, 0) is 16.6 Å². The molecule has 1 aromatic heterocycles. The molecule has 0 spiro atoms. The lowest BCUT2D eigenvalue weighted by Crippen LogP contribution is -2.29. The van der Waals surface area contributed by atoms with Gasteiger partial charge in [0.05, 0.1) is 18.5 Å². The van der Waals surface area contributed by atoms with Gasteiger partial charge in [-0.15, -0.1) is 11.6 Å². The minimum Gasteiger partial charge on any atom is -0.271 e. The normalized spacial score (nSPS) is 11.9. The number of unbranched alkanes of at least 4 members (excludes halogenated alkanes) is 1. The summed E-state index contributed by atoms with van der Waals surface area (Å²) >= 11 is 5.49. The Labute approximate surface area is 107 Å². The number of nitrogens with zero attached hydrogens (tertiary/aromatic N) is 2. The van der Waals surface area contributed by atoms with Crippen molar-refractivity contribution < 1.29 is 8.42 Å². The van der Waals surface area contributed by atoms with Crippen LogP contribution < -0.4 is 4.72 Å². The summed E-state index contributed by atoms with van der Waals surface area (Å²) in [6.07, 6.45) is 4.94. The second-order valence-electron chi connectivity index (χ2n) is 3.89. The van der Waals surface area contributed by atoms with Crippen LogP contribution in [0.5, 0.6) is 0 Å². The van der Waals surface area contributed by atoms with E-state index in [9.17, 15) is 8.42 Å². The third-order valence-corrected chi connectivity index (χ3v) is 3.96. The molecular weight excluding hydrogens is 262 g/mol. The molecule has 0 aromatic carbocycles. The van der Waals surface area contributed by atoms with Crippen LogP contribution in [0.25, 0.3) is 0 Å². The lowest BCUT2D eigenvalue weighted by atomic mass is 10.4. The molecule has 1 heterocycles. The summed E-state index contributed by atoms with van der Waals surface area (Å²) in [5, 5.41) is 4.08. The number of halogens is 1. The predicted molar refractivity (Wildman–Crippen MR) is 68.7 cm³/mol. The molecule has 98 valence electrons. The van der Waals surface area contributed by atoms with E-state index in [1.165, 1.54) is 0 Å². The molecule has 0 aliphatic rings. The Bertz CT molecular complexity index is 431. The van der Waals surface area contributed by atoms with Crippen molar-refractivity contribution in [3.63, 3.8) is 0 Å². The molecule has 0 fully saturated rings. The lowest BCUT2D eigenvalue weighted by molar-refractivity contribution is 0.558. The topological polar surface area (TPSA) is 64.0 Å². The van der Waals surface area contributed by atoms with E-state index >= 15 is 0 Å². The van der Waals surface area contributed by atoms with E-state index in [0.717, 1.165) is 12.0 Å². The molecular formula is C10H18ClN3O2S. The fraction of sp³-hybridized carbons (Fsp3) is 0.700. The first-order valence-electron chi connectivity index (χ1n) is 5.56. The zero-order valence-electron chi connectivity index (χ0n) is 9.89. The van der Waals surface area contributed by atoms with Gasteiger partial charge in [0.25, 0.3) is 0 Å². The molecule has 17 heavy (non-hydrogen) atoms. The molecule has 1 N–H and O–H groups in total. The van der Waals surface area contributed by atoms with E-state index < -0.39 is 10.0 Å². The van der Waals surface area contributed by atoms with Crippen molar-refractivity contribution in [2.45, 2.75) is 26.3 Å². The molecule has 1 rings (SSSR count). The molecule has 0 bridgehead atoms. The summed E-state index contributed by atoms with van der Waals surface area (Å²) in [4.78, 5) is 0. The summed E-state index contributed by atoms with van der Waals surface area (Å²) in [6, 6.07) is 0. The third-order valence-electron chi connectivity index (χ3n) is 2.22.